The summed E-state index contributed by atoms with van der Waals surface area (Å²) >= 11 is 0. The minimum absolute atomic E-state index is 0. The molecule has 4 rings (SSSR count). The topological polar surface area (TPSA) is 42.4 Å². The van der Waals surface area contributed by atoms with Gasteiger partial charge in [-0.3, -0.25) is 9.78 Å². The van der Waals surface area contributed by atoms with Crippen LogP contribution in [0.25, 0.3) is 22.0 Å². The van der Waals surface area contributed by atoms with Gasteiger partial charge >= 0.3 is 0 Å². The SMILES string of the molecule is CCC(=O)N1CCC(Oc2ccc(-c3cc(C)c4cccnc4c3)cc2)CC1.Cl. The molecule has 4 nitrogen and oxygen atoms in total. The first kappa shape index (κ1) is 21.1. The first-order valence-electron chi connectivity index (χ1n) is 10.0. The summed E-state index contributed by atoms with van der Waals surface area (Å²) in [4.78, 5) is 18.2. The summed E-state index contributed by atoms with van der Waals surface area (Å²) in [5.74, 6) is 1.13. The van der Waals surface area contributed by atoms with Crippen LogP contribution in [0.3, 0.4) is 0 Å². The molecule has 1 amide bonds. The molecule has 1 saturated heterocycles. The number of pyridine rings is 1. The molecule has 0 atom stereocenters. The Morgan fingerprint density at radius 3 is 2.52 bits per heavy atom. The van der Waals surface area contributed by atoms with Gasteiger partial charge in [-0.05, 0) is 47.9 Å². The first-order valence-corrected chi connectivity index (χ1v) is 10.0. The quantitative estimate of drug-likeness (QED) is 0.577. The molecule has 3 aromatic rings. The number of aromatic nitrogens is 1. The molecule has 2 heterocycles. The van der Waals surface area contributed by atoms with Crippen LogP contribution in [0.15, 0.2) is 54.7 Å². The van der Waals surface area contributed by atoms with Crippen molar-refractivity contribution in [2.24, 2.45) is 0 Å². The second-order valence-corrected chi connectivity index (χ2v) is 7.44. The average molecular weight is 411 g/mol. The number of hydrogen-bond donors (Lipinski definition) is 0. The molecule has 0 N–H and O–H groups in total. The van der Waals surface area contributed by atoms with Crippen molar-refractivity contribution < 1.29 is 9.53 Å². The van der Waals surface area contributed by atoms with Crippen LogP contribution in [0.5, 0.6) is 5.75 Å². The van der Waals surface area contributed by atoms with Crippen LogP contribution in [-0.2, 0) is 4.79 Å². The largest absolute Gasteiger partial charge is 0.490 e. The minimum atomic E-state index is 0. The van der Waals surface area contributed by atoms with Crippen molar-refractivity contribution >= 4 is 29.2 Å². The molecule has 1 fully saturated rings. The van der Waals surface area contributed by atoms with E-state index in [9.17, 15) is 4.79 Å². The van der Waals surface area contributed by atoms with Crippen molar-refractivity contribution in [1.82, 2.24) is 9.88 Å². The van der Waals surface area contributed by atoms with Crippen LogP contribution in [0.2, 0.25) is 0 Å². The van der Waals surface area contributed by atoms with E-state index in [1.807, 2.05) is 36.2 Å². The number of carbonyl (C=O) groups is 1. The molecule has 5 heteroatoms. The van der Waals surface area contributed by atoms with Crippen LogP contribution in [0.1, 0.15) is 31.7 Å². The molecule has 29 heavy (non-hydrogen) atoms. The van der Waals surface area contributed by atoms with Gasteiger partial charge in [0.25, 0.3) is 0 Å². The monoisotopic (exact) mass is 410 g/mol. The van der Waals surface area contributed by atoms with Gasteiger partial charge in [-0.25, -0.2) is 0 Å². The molecule has 152 valence electrons. The minimum Gasteiger partial charge on any atom is -0.490 e. The summed E-state index contributed by atoms with van der Waals surface area (Å²) in [5, 5.41) is 1.19. The van der Waals surface area contributed by atoms with Crippen molar-refractivity contribution in [3.8, 4) is 16.9 Å². The number of nitrogens with zero attached hydrogens (tertiary/aromatic N) is 2. The van der Waals surface area contributed by atoms with E-state index < -0.39 is 0 Å². The average Bonchev–Trinajstić information content (AvgIpc) is 2.74. The van der Waals surface area contributed by atoms with Crippen molar-refractivity contribution in [3.63, 3.8) is 0 Å². The lowest BCUT2D eigenvalue weighted by molar-refractivity contribution is -0.132. The van der Waals surface area contributed by atoms with Gasteiger partial charge < -0.3 is 9.64 Å². The number of piperidine rings is 1. The van der Waals surface area contributed by atoms with E-state index in [0.29, 0.717) is 6.42 Å². The predicted octanol–water partition coefficient (Wildman–Crippen LogP) is 5.41. The highest BCUT2D eigenvalue weighted by Gasteiger charge is 2.22. The molecule has 0 saturated carbocycles. The maximum Gasteiger partial charge on any atom is 0.222 e. The number of halogens is 1. The molecule has 0 spiro atoms. The molecular weight excluding hydrogens is 384 g/mol. The van der Waals surface area contributed by atoms with Crippen LogP contribution in [-0.4, -0.2) is 35.0 Å². The van der Waals surface area contributed by atoms with Gasteiger partial charge in [0.05, 0.1) is 5.52 Å². The number of benzene rings is 2. The molecule has 1 aromatic heterocycles. The molecule has 1 aliphatic heterocycles. The third-order valence-corrected chi connectivity index (χ3v) is 5.52. The fraction of sp³-hybridized carbons (Fsp3) is 0.333. The second kappa shape index (κ2) is 9.27. The summed E-state index contributed by atoms with van der Waals surface area (Å²) in [5.41, 5.74) is 4.58. The van der Waals surface area contributed by atoms with Crippen LogP contribution < -0.4 is 4.74 Å². The van der Waals surface area contributed by atoms with Gasteiger partial charge in [-0.2, -0.15) is 0 Å². The van der Waals surface area contributed by atoms with E-state index in [1.165, 1.54) is 16.5 Å². The molecular formula is C24H27ClN2O2. The highest BCUT2D eigenvalue weighted by atomic mass is 35.5. The van der Waals surface area contributed by atoms with E-state index in [4.69, 9.17) is 4.74 Å². The van der Waals surface area contributed by atoms with Crippen LogP contribution >= 0.6 is 12.4 Å². The maximum atomic E-state index is 11.8. The van der Waals surface area contributed by atoms with Gasteiger partial charge in [-0.15, -0.1) is 12.4 Å². The Labute approximate surface area is 178 Å². The Bertz CT molecular complexity index is 980. The van der Waals surface area contributed by atoms with Crippen molar-refractivity contribution in [2.45, 2.75) is 39.2 Å². The lowest BCUT2D eigenvalue weighted by Crippen LogP contribution is -2.41. The lowest BCUT2D eigenvalue weighted by atomic mass is 10.00. The Morgan fingerprint density at radius 2 is 1.83 bits per heavy atom. The Morgan fingerprint density at radius 1 is 1.10 bits per heavy atom. The van der Waals surface area contributed by atoms with E-state index in [1.54, 1.807) is 0 Å². The number of fused-ring (bicyclic) bond motifs is 1. The van der Waals surface area contributed by atoms with Crippen molar-refractivity contribution in [2.75, 3.05) is 13.1 Å². The lowest BCUT2D eigenvalue weighted by Gasteiger charge is -2.32. The number of rotatable bonds is 4. The van der Waals surface area contributed by atoms with Crippen molar-refractivity contribution in [1.29, 1.82) is 0 Å². The summed E-state index contributed by atoms with van der Waals surface area (Å²) in [6, 6.07) is 16.7. The predicted molar refractivity (Wildman–Crippen MR) is 120 cm³/mol. The first-order chi connectivity index (χ1) is 13.6. The van der Waals surface area contributed by atoms with E-state index in [2.05, 4.69) is 42.2 Å². The third kappa shape index (κ3) is 4.70. The summed E-state index contributed by atoms with van der Waals surface area (Å²) in [6.45, 7) is 5.62. The highest BCUT2D eigenvalue weighted by molar-refractivity contribution is 5.87. The molecule has 0 bridgehead atoms. The standard InChI is InChI=1S/C24H26N2O2.ClH/c1-3-24(27)26-13-10-21(11-14-26)28-20-8-6-18(7-9-20)19-15-17(2)22-5-4-12-25-23(22)16-19;/h4-9,12,15-16,21H,3,10-11,13-14H2,1-2H3;1H. The van der Waals surface area contributed by atoms with E-state index in [0.717, 1.165) is 42.8 Å². The smallest absolute Gasteiger partial charge is 0.222 e. The number of likely N-dealkylation sites (tertiary alicyclic amines) is 1. The van der Waals surface area contributed by atoms with E-state index in [-0.39, 0.29) is 24.4 Å². The third-order valence-electron chi connectivity index (χ3n) is 5.52. The van der Waals surface area contributed by atoms with Crippen LogP contribution in [0, 0.1) is 6.92 Å². The van der Waals surface area contributed by atoms with Crippen LogP contribution in [0.4, 0.5) is 0 Å². The molecule has 0 radical (unpaired) electrons. The van der Waals surface area contributed by atoms with Crippen molar-refractivity contribution in [3.05, 3.63) is 60.3 Å². The number of ether oxygens (including phenoxy) is 1. The number of carbonyl (C=O) groups excluding carboxylic acids is 1. The van der Waals surface area contributed by atoms with Gasteiger partial charge in [0.2, 0.25) is 5.91 Å². The Hall–Kier alpha value is -2.59. The molecule has 0 aliphatic carbocycles. The summed E-state index contributed by atoms with van der Waals surface area (Å²) in [6.07, 6.45) is 4.38. The fourth-order valence-corrected chi connectivity index (χ4v) is 3.90. The van der Waals surface area contributed by atoms with Gasteiger partial charge in [-0.1, -0.05) is 31.2 Å². The zero-order valence-electron chi connectivity index (χ0n) is 16.9. The number of hydrogen-bond acceptors (Lipinski definition) is 3. The molecule has 2 aromatic carbocycles. The molecule has 1 aliphatic rings. The number of aryl methyl sites for hydroxylation is 1. The summed E-state index contributed by atoms with van der Waals surface area (Å²) in [7, 11) is 0. The van der Waals surface area contributed by atoms with Gasteiger partial charge in [0.1, 0.15) is 11.9 Å². The Kier molecular flexibility index (Phi) is 6.75. The zero-order chi connectivity index (χ0) is 19.5. The highest BCUT2D eigenvalue weighted by Crippen LogP contribution is 2.28. The normalized spacial score (nSPS) is 14.5. The second-order valence-electron chi connectivity index (χ2n) is 7.44. The summed E-state index contributed by atoms with van der Waals surface area (Å²) < 4.78 is 6.15. The molecule has 0 unspecified atom stereocenters. The Balaban J connectivity index is 0.00000240. The maximum absolute atomic E-state index is 11.8. The zero-order valence-corrected chi connectivity index (χ0v) is 17.7. The number of amides is 1. The fourth-order valence-electron chi connectivity index (χ4n) is 3.90. The van der Waals surface area contributed by atoms with E-state index >= 15 is 0 Å². The van der Waals surface area contributed by atoms with Gasteiger partial charge in [0.15, 0.2) is 0 Å². The van der Waals surface area contributed by atoms with Gasteiger partial charge in [0, 0.05) is 43.9 Å².